The van der Waals surface area contributed by atoms with E-state index in [1.165, 1.54) is 17.7 Å². The molecule has 2 aromatic rings. The molecular weight excluding hydrogens is 354 g/mol. The van der Waals surface area contributed by atoms with E-state index in [0.717, 1.165) is 25.1 Å². The summed E-state index contributed by atoms with van der Waals surface area (Å²) >= 11 is 7.82. The summed E-state index contributed by atoms with van der Waals surface area (Å²) in [4.78, 5) is 15.5. The molecule has 4 atom stereocenters. The molecule has 1 aromatic heterocycles. The summed E-state index contributed by atoms with van der Waals surface area (Å²) in [6, 6.07) is 13.1. The largest absolute Gasteiger partial charge is 0.335 e. The summed E-state index contributed by atoms with van der Waals surface area (Å²) in [5, 5.41) is 8.84. The number of nitrogens with one attached hydrogen (secondary N) is 3. The molecule has 4 rings (SSSR count). The number of hydrogen-bond donors (Lipinski definition) is 3. The summed E-state index contributed by atoms with van der Waals surface area (Å²) in [5.41, 5.74) is 0.730. The fourth-order valence-electron chi connectivity index (χ4n) is 4.37. The smallest absolute Gasteiger partial charge is 0.319 e. The fourth-order valence-corrected chi connectivity index (χ4v) is 5.30. The van der Waals surface area contributed by atoms with Crippen LogP contribution < -0.4 is 15.5 Å². The molecule has 3 N–H and O–H groups in total. The number of urea groups is 1. The van der Waals surface area contributed by atoms with Gasteiger partial charge in [0, 0.05) is 42.4 Å². The number of amides is 2. The molecule has 1 aromatic carbocycles. The van der Waals surface area contributed by atoms with Crippen LogP contribution in [-0.2, 0) is 6.54 Å². The molecule has 0 aliphatic carbocycles. The van der Waals surface area contributed by atoms with E-state index in [4.69, 9.17) is 11.6 Å². The molecule has 6 heteroatoms. The zero-order valence-electron chi connectivity index (χ0n) is 14.0. The number of fused-ring (bicyclic) bond motifs is 2. The summed E-state index contributed by atoms with van der Waals surface area (Å²) < 4.78 is 0. The first kappa shape index (κ1) is 16.9. The molecule has 4 nitrogen and oxygen atoms in total. The number of halogens is 1. The molecule has 0 radical (unpaired) electrons. The Balaban J connectivity index is 1.32. The lowest BCUT2D eigenvalue weighted by Crippen LogP contribution is -3.17. The third-order valence-electron chi connectivity index (χ3n) is 5.43. The number of carbonyl (C=O) groups is 1. The molecule has 0 spiro atoms. The second-order valence-electron chi connectivity index (χ2n) is 7.08. The van der Waals surface area contributed by atoms with Crippen molar-refractivity contribution in [3.05, 3.63) is 51.7 Å². The Morgan fingerprint density at radius 1 is 1.20 bits per heavy atom. The number of carbonyl (C=O) groups excluding carboxylic acids is 1. The number of rotatable bonds is 4. The first-order valence-corrected chi connectivity index (χ1v) is 10.1. The van der Waals surface area contributed by atoms with Crippen LogP contribution in [0.5, 0.6) is 0 Å². The lowest BCUT2D eigenvalue weighted by Gasteiger charge is -2.36. The Bertz CT molecular complexity index is 722. The molecule has 2 amide bonds. The maximum atomic E-state index is 12.3. The molecular formula is C19H23ClN3OS+. The van der Waals surface area contributed by atoms with Crippen molar-refractivity contribution in [1.29, 1.82) is 0 Å². The van der Waals surface area contributed by atoms with Gasteiger partial charge >= 0.3 is 6.03 Å². The molecule has 2 saturated heterocycles. The van der Waals surface area contributed by atoms with Gasteiger partial charge in [0.05, 0.1) is 17.0 Å². The number of anilines is 1. The van der Waals surface area contributed by atoms with Gasteiger partial charge in [0.15, 0.2) is 0 Å². The SMILES string of the molecule is O=C(Nc1cccc(Cl)c1)NC1C[C@H]2CC[C@@H](C1)[NH+]2Cc1cccs1. The monoisotopic (exact) mass is 376 g/mol. The van der Waals surface area contributed by atoms with Gasteiger partial charge in [-0.1, -0.05) is 23.7 Å². The van der Waals surface area contributed by atoms with Crippen LogP contribution in [0.1, 0.15) is 30.6 Å². The average molecular weight is 377 g/mol. The first-order valence-electron chi connectivity index (χ1n) is 8.88. The minimum atomic E-state index is -0.131. The van der Waals surface area contributed by atoms with Gasteiger partial charge in [-0.2, -0.15) is 0 Å². The van der Waals surface area contributed by atoms with Gasteiger partial charge in [-0.05, 0) is 29.6 Å². The first-order chi connectivity index (χ1) is 12.2. The molecule has 25 heavy (non-hydrogen) atoms. The number of thiophene rings is 1. The lowest BCUT2D eigenvalue weighted by atomic mass is 9.97. The minimum Gasteiger partial charge on any atom is -0.335 e. The van der Waals surface area contributed by atoms with Crippen LogP contribution in [0.4, 0.5) is 10.5 Å². The second kappa shape index (κ2) is 7.36. The van der Waals surface area contributed by atoms with Gasteiger partial charge in [0.2, 0.25) is 0 Å². The molecule has 2 aliphatic heterocycles. The highest BCUT2D eigenvalue weighted by atomic mass is 35.5. The standard InChI is InChI=1S/C19H22ClN3OS/c20-13-3-1-4-14(9-13)21-19(24)22-15-10-16-6-7-17(11-15)23(16)12-18-5-2-8-25-18/h1-5,8-9,15-17H,6-7,10-12H2,(H2,21,22,24)/p+1/t15?,16-,17+. The molecule has 0 saturated carbocycles. The topological polar surface area (TPSA) is 45.6 Å². The zero-order valence-corrected chi connectivity index (χ0v) is 15.6. The highest BCUT2D eigenvalue weighted by molar-refractivity contribution is 7.09. The molecule has 2 bridgehead atoms. The van der Waals surface area contributed by atoms with Crippen molar-refractivity contribution in [2.45, 2.75) is 50.4 Å². The van der Waals surface area contributed by atoms with Crippen molar-refractivity contribution in [3.8, 4) is 0 Å². The van der Waals surface area contributed by atoms with Crippen molar-refractivity contribution in [2.75, 3.05) is 5.32 Å². The quantitative estimate of drug-likeness (QED) is 0.753. The van der Waals surface area contributed by atoms with E-state index in [0.29, 0.717) is 17.1 Å². The van der Waals surface area contributed by atoms with E-state index < -0.39 is 0 Å². The summed E-state index contributed by atoms with van der Waals surface area (Å²) in [6.07, 6.45) is 4.69. The predicted molar refractivity (Wildman–Crippen MR) is 102 cm³/mol. The molecule has 2 fully saturated rings. The predicted octanol–water partition coefficient (Wildman–Crippen LogP) is 3.30. The van der Waals surface area contributed by atoms with Crippen molar-refractivity contribution in [2.24, 2.45) is 0 Å². The highest BCUT2D eigenvalue weighted by Crippen LogP contribution is 2.24. The molecule has 2 unspecified atom stereocenters. The maximum absolute atomic E-state index is 12.3. The fraction of sp³-hybridized carbons (Fsp3) is 0.421. The number of benzene rings is 1. The second-order valence-corrected chi connectivity index (χ2v) is 8.55. The van der Waals surface area contributed by atoms with Crippen LogP contribution in [0, 0.1) is 0 Å². The van der Waals surface area contributed by atoms with E-state index in [1.807, 2.05) is 23.5 Å². The van der Waals surface area contributed by atoms with Crippen LogP contribution in [0.25, 0.3) is 0 Å². The normalized spacial score (nSPS) is 27.9. The zero-order chi connectivity index (χ0) is 17.2. The van der Waals surface area contributed by atoms with Gasteiger partial charge in [0.1, 0.15) is 6.54 Å². The number of quaternary nitrogens is 1. The van der Waals surface area contributed by atoms with Crippen LogP contribution in [0.15, 0.2) is 41.8 Å². The van der Waals surface area contributed by atoms with Crippen LogP contribution in [0.2, 0.25) is 5.02 Å². The average Bonchev–Trinajstić information content (AvgIpc) is 3.15. The van der Waals surface area contributed by atoms with E-state index >= 15 is 0 Å². The maximum Gasteiger partial charge on any atom is 0.319 e. The van der Waals surface area contributed by atoms with Crippen molar-refractivity contribution in [1.82, 2.24) is 5.32 Å². The van der Waals surface area contributed by atoms with Crippen LogP contribution >= 0.6 is 22.9 Å². The van der Waals surface area contributed by atoms with Gasteiger partial charge in [-0.25, -0.2) is 4.79 Å². The van der Waals surface area contributed by atoms with Gasteiger partial charge in [-0.3, -0.25) is 0 Å². The summed E-state index contributed by atoms with van der Waals surface area (Å²) in [6.45, 7) is 1.13. The Kier molecular flexibility index (Phi) is 4.97. The van der Waals surface area contributed by atoms with Gasteiger partial charge in [0.25, 0.3) is 0 Å². The van der Waals surface area contributed by atoms with E-state index in [-0.39, 0.29) is 12.1 Å². The van der Waals surface area contributed by atoms with Crippen molar-refractivity contribution < 1.29 is 9.69 Å². The third-order valence-corrected chi connectivity index (χ3v) is 6.54. The summed E-state index contributed by atoms with van der Waals surface area (Å²) in [5.74, 6) is 0. The Labute approximate surface area is 157 Å². The van der Waals surface area contributed by atoms with E-state index in [1.54, 1.807) is 17.0 Å². The Morgan fingerprint density at radius 3 is 2.68 bits per heavy atom. The van der Waals surface area contributed by atoms with Crippen molar-refractivity contribution >= 4 is 34.7 Å². The van der Waals surface area contributed by atoms with Crippen LogP contribution in [0.3, 0.4) is 0 Å². The Hall–Kier alpha value is -1.56. The highest BCUT2D eigenvalue weighted by Gasteiger charge is 2.44. The molecule has 2 aliphatic rings. The minimum absolute atomic E-state index is 0.131. The molecule has 132 valence electrons. The van der Waals surface area contributed by atoms with Gasteiger partial charge in [-0.15, -0.1) is 11.3 Å². The van der Waals surface area contributed by atoms with Crippen LogP contribution in [-0.4, -0.2) is 24.2 Å². The molecule has 3 heterocycles. The van der Waals surface area contributed by atoms with E-state index in [9.17, 15) is 4.79 Å². The third kappa shape index (κ3) is 4.00. The number of hydrogen-bond acceptors (Lipinski definition) is 2. The number of piperidine rings is 1. The van der Waals surface area contributed by atoms with Crippen molar-refractivity contribution in [3.63, 3.8) is 0 Å². The lowest BCUT2D eigenvalue weighted by molar-refractivity contribution is -0.954. The summed E-state index contributed by atoms with van der Waals surface area (Å²) in [7, 11) is 0. The van der Waals surface area contributed by atoms with E-state index in [2.05, 4.69) is 28.1 Å². The Morgan fingerprint density at radius 2 is 2.00 bits per heavy atom. The van der Waals surface area contributed by atoms with Gasteiger partial charge < -0.3 is 15.5 Å².